The van der Waals surface area contributed by atoms with Crippen molar-refractivity contribution >= 4 is 17.7 Å². The van der Waals surface area contributed by atoms with Crippen LogP contribution in [0.3, 0.4) is 0 Å². The van der Waals surface area contributed by atoms with Gasteiger partial charge in [-0.05, 0) is 42.0 Å². The molecule has 2 rings (SSSR count). The molecule has 0 atom stereocenters. The van der Waals surface area contributed by atoms with E-state index >= 15 is 0 Å². The van der Waals surface area contributed by atoms with Gasteiger partial charge in [-0.2, -0.15) is 5.26 Å². The Balaban J connectivity index is 2.13. The van der Waals surface area contributed by atoms with Crippen LogP contribution in [-0.2, 0) is 4.79 Å². The summed E-state index contributed by atoms with van der Waals surface area (Å²) in [5.41, 5.74) is 1.30. The zero-order chi connectivity index (χ0) is 15.1. The average Bonchev–Trinajstić information content (AvgIpc) is 2.54. The standard InChI is InChI=1S/C16H13N3O2/c1-21-15-6-4-14(5-7-15)19-16(20)13(10-17)9-12-3-2-8-18-11-12/h2-9,11H,1H3,(H,19,20)/b13-9-. The second kappa shape index (κ2) is 6.87. The molecule has 1 N–H and O–H groups in total. The zero-order valence-corrected chi connectivity index (χ0v) is 11.4. The fraction of sp³-hybridized carbons (Fsp3) is 0.0625. The van der Waals surface area contributed by atoms with Crippen LogP contribution in [0.15, 0.2) is 54.4 Å². The number of aromatic nitrogens is 1. The largest absolute Gasteiger partial charge is 0.497 e. The van der Waals surface area contributed by atoms with Crippen molar-refractivity contribution in [1.82, 2.24) is 4.98 Å². The van der Waals surface area contributed by atoms with E-state index in [1.165, 1.54) is 6.08 Å². The Kier molecular flexibility index (Phi) is 4.67. The molecule has 0 spiro atoms. The molecule has 1 amide bonds. The summed E-state index contributed by atoms with van der Waals surface area (Å²) < 4.78 is 5.04. The van der Waals surface area contributed by atoms with Gasteiger partial charge >= 0.3 is 0 Å². The third-order valence-corrected chi connectivity index (χ3v) is 2.71. The van der Waals surface area contributed by atoms with Gasteiger partial charge in [0.05, 0.1) is 7.11 Å². The number of nitriles is 1. The number of pyridine rings is 1. The number of nitrogens with zero attached hydrogens (tertiary/aromatic N) is 2. The minimum atomic E-state index is -0.466. The molecule has 0 bridgehead atoms. The summed E-state index contributed by atoms with van der Waals surface area (Å²) in [6.07, 6.45) is 4.70. The minimum Gasteiger partial charge on any atom is -0.497 e. The molecule has 104 valence electrons. The number of anilines is 1. The SMILES string of the molecule is COc1ccc(NC(=O)/C(C#N)=C\c2cccnc2)cc1. The van der Waals surface area contributed by atoms with Crippen LogP contribution in [0.1, 0.15) is 5.56 Å². The van der Waals surface area contributed by atoms with Crippen molar-refractivity contribution in [1.29, 1.82) is 5.26 Å². The van der Waals surface area contributed by atoms with Crippen LogP contribution in [0.4, 0.5) is 5.69 Å². The highest BCUT2D eigenvalue weighted by Gasteiger charge is 2.09. The van der Waals surface area contributed by atoms with E-state index in [1.807, 2.05) is 6.07 Å². The number of hydrogen-bond acceptors (Lipinski definition) is 4. The molecule has 0 fully saturated rings. The maximum absolute atomic E-state index is 12.0. The summed E-state index contributed by atoms with van der Waals surface area (Å²) in [5.74, 6) is 0.228. The van der Waals surface area contributed by atoms with Crippen LogP contribution in [0.2, 0.25) is 0 Å². The summed E-state index contributed by atoms with van der Waals surface area (Å²) in [6.45, 7) is 0. The maximum atomic E-state index is 12.0. The molecule has 2 aromatic rings. The Hall–Kier alpha value is -3.13. The molecule has 0 aliphatic carbocycles. The molecule has 21 heavy (non-hydrogen) atoms. The highest BCUT2D eigenvalue weighted by atomic mass is 16.5. The van der Waals surface area contributed by atoms with Gasteiger partial charge in [0.2, 0.25) is 0 Å². The van der Waals surface area contributed by atoms with Crippen molar-refractivity contribution in [2.75, 3.05) is 12.4 Å². The van der Waals surface area contributed by atoms with E-state index in [0.717, 1.165) is 0 Å². The van der Waals surface area contributed by atoms with Crippen LogP contribution < -0.4 is 10.1 Å². The summed E-state index contributed by atoms with van der Waals surface area (Å²) in [6, 6.07) is 12.3. The number of hydrogen-bond donors (Lipinski definition) is 1. The minimum absolute atomic E-state index is 0.0128. The third-order valence-electron chi connectivity index (χ3n) is 2.71. The summed E-state index contributed by atoms with van der Waals surface area (Å²) >= 11 is 0. The molecule has 0 radical (unpaired) electrons. The first-order valence-corrected chi connectivity index (χ1v) is 6.20. The molecule has 5 heteroatoms. The number of carbonyl (C=O) groups excluding carboxylic acids is 1. The molecule has 1 aromatic heterocycles. The summed E-state index contributed by atoms with van der Waals surface area (Å²) in [4.78, 5) is 16.0. The first-order valence-electron chi connectivity index (χ1n) is 6.20. The van der Waals surface area contributed by atoms with E-state index in [4.69, 9.17) is 10.00 Å². The molecule has 0 aliphatic rings. The Bertz CT molecular complexity index is 686. The van der Waals surface area contributed by atoms with Crippen LogP contribution in [0.5, 0.6) is 5.75 Å². The lowest BCUT2D eigenvalue weighted by Gasteiger charge is -2.05. The van der Waals surface area contributed by atoms with Gasteiger partial charge in [0.25, 0.3) is 5.91 Å². The molecule has 0 unspecified atom stereocenters. The summed E-state index contributed by atoms with van der Waals surface area (Å²) in [7, 11) is 1.57. The molecule has 0 saturated heterocycles. The molecule has 5 nitrogen and oxygen atoms in total. The predicted molar refractivity (Wildman–Crippen MR) is 79.5 cm³/mol. The van der Waals surface area contributed by atoms with Gasteiger partial charge < -0.3 is 10.1 Å². The smallest absolute Gasteiger partial charge is 0.266 e. The molecular weight excluding hydrogens is 266 g/mol. The van der Waals surface area contributed by atoms with E-state index < -0.39 is 5.91 Å². The summed E-state index contributed by atoms with van der Waals surface area (Å²) in [5, 5.41) is 11.8. The fourth-order valence-corrected chi connectivity index (χ4v) is 1.65. The zero-order valence-electron chi connectivity index (χ0n) is 11.4. The molecule has 0 saturated carbocycles. The van der Waals surface area contributed by atoms with Crippen LogP contribution in [-0.4, -0.2) is 18.0 Å². The van der Waals surface area contributed by atoms with Crippen molar-refractivity contribution in [2.45, 2.75) is 0 Å². The lowest BCUT2D eigenvalue weighted by molar-refractivity contribution is -0.112. The van der Waals surface area contributed by atoms with Crippen molar-refractivity contribution in [3.63, 3.8) is 0 Å². The number of ether oxygens (including phenoxy) is 1. The van der Waals surface area contributed by atoms with Gasteiger partial charge in [-0.1, -0.05) is 6.07 Å². The normalized spacial score (nSPS) is 10.6. The van der Waals surface area contributed by atoms with Crippen LogP contribution in [0.25, 0.3) is 6.08 Å². The van der Waals surface area contributed by atoms with Crippen LogP contribution >= 0.6 is 0 Å². The van der Waals surface area contributed by atoms with E-state index in [0.29, 0.717) is 17.0 Å². The van der Waals surface area contributed by atoms with Gasteiger partial charge in [0.1, 0.15) is 17.4 Å². The Morgan fingerprint density at radius 1 is 1.33 bits per heavy atom. The third kappa shape index (κ3) is 3.91. The monoisotopic (exact) mass is 279 g/mol. The number of carbonyl (C=O) groups is 1. The van der Waals surface area contributed by atoms with Gasteiger partial charge in [-0.25, -0.2) is 0 Å². The number of amides is 1. The van der Waals surface area contributed by atoms with Gasteiger partial charge in [-0.3, -0.25) is 9.78 Å². The number of methoxy groups -OCH3 is 1. The topological polar surface area (TPSA) is 75.0 Å². The van der Waals surface area contributed by atoms with Gasteiger partial charge in [0, 0.05) is 18.1 Å². The molecule has 1 aromatic carbocycles. The van der Waals surface area contributed by atoms with Crippen molar-refractivity contribution in [3.05, 3.63) is 59.9 Å². The quantitative estimate of drug-likeness (QED) is 0.689. The highest BCUT2D eigenvalue weighted by molar-refractivity contribution is 6.09. The predicted octanol–water partition coefficient (Wildman–Crippen LogP) is 2.64. The maximum Gasteiger partial charge on any atom is 0.266 e. The van der Waals surface area contributed by atoms with Gasteiger partial charge in [0.15, 0.2) is 0 Å². The first-order chi connectivity index (χ1) is 10.2. The highest BCUT2D eigenvalue weighted by Crippen LogP contribution is 2.16. The lowest BCUT2D eigenvalue weighted by atomic mass is 10.1. The Morgan fingerprint density at radius 3 is 2.67 bits per heavy atom. The Labute approximate surface area is 122 Å². The van der Waals surface area contributed by atoms with Crippen molar-refractivity contribution in [2.24, 2.45) is 0 Å². The molecule has 0 aliphatic heterocycles. The molecular formula is C16H13N3O2. The number of benzene rings is 1. The lowest BCUT2D eigenvalue weighted by Crippen LogP contribution is -2.13. The van der Waals surface area contributed by atoms with E-state index in [2.05, 4.69) is 10.3 Å². The van der Waals surface area contributed by atoms with Crippen LogP contribution in [0, 0.1) is 11.3 Å². The fourth-order valence-electron chi connectivity index (χ4n) is 1.65. The average molecular weight is 279 g/mol. The van der Waals surface area contributed by atoms with E-state index in [9.17, 15) is 4.79 Å². The first kappa shape index (κ1) is 14.3. The molecule has 1 heterocycles. The van der Waals surface area contributed by atoms with Gasteiger partial charge in [-0.15, -0.1) is 0 Å². The number of nitrogens with one attached hydrogen (secondary N) is 1. The Morgan fingerprint density at radius 2 is 2.10 bits per heavy atom. The second-order valence-corrected chi connectivity index (χ2v) is 4.14. The van der Waals surface area contributed by atoms with Crippen molar-refractivity contribution < 1.29 is 9.53 Å². The van der Waals surface area contributed by atoms with Crippen molar-refractivity contribution in [3.8, 4) is 11.8 Å². The van der Waals surface area contributed by atoms with E-state index in [-0.39, 0.29) is 5.57 Å². The van der Waals surface area contributed by atoms with E-state index in [1.54, 1.807) is 55.9 Å². The second-order valence-electron chi connectivity index (χ2n) is 4.14. The number of rotatable bonds is 4.